The number of thiazole rings is 1. The van der Waals surface area contributed by atoms with Crippen LogP contribution in [0.4, 0.5) is 5.82 Å². The molecule has 0 spiro atoms. The molecule has 1 amide bonds. The van der Waals surface area contributed by atoms with Gasteiger partial charge in [0.15, 0.2) is 0 Å². The van der Waals surface area contributed by atoms with E-state index in [2.05, 4.69) is 26.3 Å². The van der Waals surface area contributed by atoms with E-state index in [0.29, 0.717) is 5.56 Å². The normalized spacial score (nSPS) is 21.1. The molecule has 3 aromatic rings. The predicted molar refractivity (Wildman–Crippen MR) is 110 cm³/mol. The van der Waals surface area contributed by atoms with Crippen LogP contribution < -0.4 is 15.0 Å². The van der Waals surface area contributed by atoms with Crippen LogP contribution >= 0.6 is 11.3 Å². The van der Waals surface area contributed by atoms with Gasteiger partial charge in [-0.05, 0) is 37.1 Å². The van der Waals surface area contributed by atoms with Crippen molar-refractivity contribution in [2.75, 3.05) is 18.0 Å². The molecule has 2 aliphatic rings. The monoisotopic (exact) mass is 405 g/mol. The van der Waals surface area contributed by atoms with Crippen molar-refractivity contribution in [3.8, 4) is 11.8 Å². The highest BCUT2D eigenvalue weighted by Crippen LogP contribution is 2.35. The van der Waals surface area contributed by atoms with Crippen molar-refractivity contribution >= 4 is 33.3 Å². The number of amides is 1. The fourth-order valence-electron chi connectivity index (χ4n) is 3.73. The van der Waals surface area contributed by atoms with Gasteiger partial charge in [0.2, 0.25) is 5.91 Å². The van der Waals surface area contributed by atoms with Gasteiger partial charge in [0.25, 0.3) is 0 Å². The Balaban J connectivity index is 1.08. The summed E-state index contributed by atoms with van der Waals surface area (Å²) < 4.78 is 7.18. The quantitative estimate of drug-likeness (QED) is 0.702. The molecule has 0 unspecified atom stereocenters. The van der Waals surface area contributed by atoms with E-state index in [1.54, 1.807) is 23.6 Å². The lowest BCUT2D eigenvalue weighted by Gasteiger charge is -2.42. The summed E-state index contributed by atoms with van der Waals surface area (Å²) in [4.78, 5) is 23.2. The molecule has 0 bridgehead atoms. The van der Waals surface area contributed by atoms with E-state index in [9.17, 15) is 4.79 Å². The number of ether oxygens (including phenoxy) is 1. The molecule has 1 N–H and O–H groups in total. The first-order chi connectivity index (χ1) is 14.2. The Morgan fingerprint density at radius 3 is 2.86 bits per heavy atom. The molecule has 1 aliphatic heterocycles. The predicted octanol–water partition coefficient (Wildman–Crippen LogP) is 2.73. The molecule has 146 valence electrons. The average Bonchev–Trinajstić information content (AvgIpc) is 3.16. The standard InChI is InChI=1S/C21H19N5O2S/c22-8-13-4-5-19(23-9-13)26-10-15(11-26)25-21(27)14-6-16(7-14)28-17-2-1-3-18-20(17)24-12-29-18/h1-5,9,12,14-16H,6-7,10-11H2,(H,25,27)/t14-,16-. The Kier molecular flexibility index (Phi) is 4.52. The minimum atomic E-state index is 0.0109. The number of hydrogen-bond donors (Lipinski definition) is 1. The summed E-state index contributed by atoms with van der Waals surface area (Å²) in [5, 5.41) is 12.0. The van der Waals surface area contributed by atoms with Gasteiger partial charge in [-0.1, -0.05) is 6.07 Å². The van der Waals surface area contributed by atoms with Crippen LogP contribution in [0.25, 0.3) is 10.2 Å². The number of para-hydroxylation sites is 1. The lowest BCUT2D eigenvalue weighted by molar-refractivity contribution is -0.131. The van der Waals surface area contributed by atoms with Crippen LogP contribution in [0.2, 0.25) is 0 Å². The Labute approximate surface area is 171 Å². The molecule has 5 rings (SSSR count). The van der Waals surface area contributed by atoms with Crippen molar-refractivity contribution in [1.29, 1.82) is 5.26 Å². The van der Waals surface area contributed by atoms with E-state index in [1.807, 2.05) is 29.8 Å². The first-order valence-electron chi connectivity index (χ1n) is 9.60. The van der Waals surface area contributed by atoms with Gasteiger partial charge in [0, 0.05) is 25.2 Å². The highest BCUT2D eigenvalue weighted by atomic mass is 32.1. The topological polar surface area (TPSA) is 91.1 Å². The summed E-state index contributed by atoms with van der Waals surface area (Å²) in [5.41, 5.74) is 3.27. The smallest absolute Gasteiger partial charge is 0.223 e. The maximum Gasteiger partial charge on any atom is 0.223 e. The molecule has 3 heterocycles. The van der Waals surface area contributed by atoms with Gasteiger partial charge in [0.1, 0.15) is 29.3 Å². The van der Waals surface area contributed by atoms with Crippen molar-refractivity contribution < 1.29 is 9.53 Å². The van der Waals surface area contributed by atoms with Crippen LogP contribution in [-0.2, 0) is 4.79 Å². The molecular weight excluding hydrogens is 386 g/mol. The van der Waals surface area contributed by atoms with E-state index in [0.717, 1.165) is 47.7 Å². The van der Waals surface area contributed by atoms with Crippen LogP contribution in [0.3, 0.4) is 0 Å². The van der Waals surface area contributed by atoms with Gasteiger partial charge in [-0.2, -0.15) is 5.26 Å². The SMILES string of the molecule is N#Cc1ccc(N2CC(NC(=O)[C@H]3C[C@H](Oc4cccc5scnc45)C3)C2)nc1. The minimum Gasteiger partial charge on any atom is -0.488 e. The van der Waals surface area contributed by atoms with Crippen LogP contribution in [-0.4, -0.2) is 41.1 Å². The Hall–Kier alpha value is -3.18. The third kappa shape index (κ3) is 3.49. The van der Waals surface area contributed by atoms with Gasteiger partial charge < -0.3 is 15.0 Å². The summed E-state index contributed by atoms with van der Waals surface area (Å²) in [5.74, 6) is 1.76. The maximum absolute atomic E-state index is 12.5. The zero-order chi connectivity index (χ0) is 19.8. The van der Waals surface area contributed by atoms with Gasteiger partial charge in [-0.15, -0.1) is 11.3 Å². The molecule has 2 fully saturated rings. The number of carbonyl (C=O) groups is 1. The molecule has 29 heavy (non-hydrogen) atoms. The van der Waals surface area contributed by atoms with E-state index >= 15 is 0 Å². The first kappa shape index (κ1) is 17.9. The summed E-state index contributed by atoms with van der Waals surface area (Å²) >= 11 is 1.60. The second kappa shape index (κ2) is 7.33. The maximum atomic E-state index is 12.5. The third-order valence-corrected chi connectivity index (χ3v) is 6.31. The summed E-state index contributed by atoms with van der Waals surface area (Å²) in [6, 6.07) is 11.8. The van der Waals surface area contributed by atoms with Crippen molar-refractivity contribution in [2.45, 2.75) is 25.0 Å². The lowest BCUT2D eigenvalue weighted by Crippen LogP contribution is -2.61. The number of pyridine rings is 1. The number of nitriles is 1. The molecule has 7 nitrogen and oxygen atoms in total. The third-order valence-electron chi connectivity index (χ3n) is 5.51. The second-order valence-electron chi connectivity index (χ2n) is 7.49. The molecule has 2 aromatic heterocycles. The molecular formula is C21H19N5O2S. The number of nitrogens with zero attached hydrogens (tertiary/aromatic N) is 4. The average molecular weight is 405 g/mol. The fourth-order valence-corrected chi connectivity index (χ4v) is 4.42. The van der Waals surface area contributed by atoms with Gasteiger partial charge in [-0.3, -0.25) is 4.79 Å². The fraction of sp³-hybridized carbons (Fsp3) is 0.333. The molecule has 1 aromatic carbocycles. The van der Waals surface area contributed by atoms with Gasteiger partial charge >= 0.3 is 0 Å². The van der Waals surface area contributed by atoms with Crippen LogP contribution in [0.1, 0.15) is 18.4 Å². The van der Waals surface area contributed by atoms with Crippen LogP contribution in [0.15, 0.2) is 42.0 Å². The largest absolute Gasteiger partial charge is 0.488 e. The number of benzene rings is 1. The summed E-state index contributed by atoms with van der Waals surface area (Å²) in [6.45, 7) is 1.48. The molecule has 8 heteroatoms. The summed E-state index contributed by atoms with van der Waals surface area (Å²) in [7, 11) is 0. The molecule has 1 saturated heterocycles. The van der Waals surface area contributed by atoms with Gasteiger partial charge in [-0.25, -0.2) is 9.97 Å². The van der Waals surface area contributed by atoms with E-state index in [4.69, 9.17) is 10.00 Å². The highest BCUT2D eigenvalue weighted by molar-refractivity contribution is 7.16. The van der Waals surface area contributed by atoms with Gasteiger partial charge in [0.05, 0.1) is 21.8 Å². The molecule has 0 radical (unpaired) electrons. The Bertz CT molecular complexity index is 1080. The number of fused-ring (bicyclic) bond motifs is 1. The van der Waals surface area contributed by atoms with Crippen molar-refractivity contribution in [3.63, 3.8) is 0 Å². The zero-order valence-corrected chi connectivity index (χ0v) is 16.4. The van der Waals surface area contributed by atoms with Crippen molar-refractivity contribution in [3.05, 3.63) is 47.6 Å². The molecule has 1 aliphatic carbocycles. The summed E-state index contributed by atoms with van der Waals surface area (Å²) in [6.07, 6.45) is 3.11. The lowest BCUT2D eigenvalue weighted by atomic mass is 9.81. The van der Waals surface area contributed by atoms with Crippen molar-refractivity contribution in [1.82, 2.24) is 15.3 Å². The number of carbonyl (C=O) groups excluding carboxylic acids is 1. The second-order valence-corrected chi connectivity index (χ2v) is 8.38. The number of aromatic nitrogens is 2. The first-order valence-corrected chi connectivity index (χ1v) is 10.5. The van der Waals surface area contributed by atoms with Crippen LogP contribution in [0, 0.1) is 17.2 Å². The van der Waals surface area contributed by atoms with E-state index in [-0.39, 0.29) is 24.0 Å². The highest BCUT2D eigenvalue weighted by Gasteiger charge is 2.38. The Morgan fingerprint density at radius 2 is 2.10 bits per heavy atom. The number of hydrogen-bond acceptors (Lipinski definition) is 7. The molecule has 0 atom stereocenters. The Morgan fingerprint density at radius 1 is 1.24 bits per heavy atom. The van der Waals surface area contributed by atoms with Crippen molar-refractivity contribution in [2.24, 2.45) is 5.92 Å². The minimum absolute atomic E-state index is 0.0109. The van der Waals surface area contributed by atoms with E-state index in [1.165, 1.54) is 0 Å². The number of rotatable bonds is 5. The number of anilines is 1. The van der Waals surface area contributed by atoms with E-state index < -0.39 is 0 Å². The van der Waals surface area contributed by atoms with Crippen LogP contribution in [0.5, 0.6) is 5.75 Å². The zero-order valence-electron chi connectivity index (χ0n) is 15.6. The number of nitrogens with one attached hydrogen (secondary N) is 1. The molecule has 1 saturated carbocycles.